The van der Waals surface area contributed by atoms with Crippen LogP contribution < -0.4 is 16.0 Å². The summed E-state index contributed by atoms with van der Waals surface area (Å²) in [4.78, 5) is 4.54. The lowest BCUT2D eigenvalue weighted by Crippen LogP contribution is -2.17. The van der Waals surface area contributed by atoms with E-state index < -0.39 is 0 Å². The van der Waals surface area contributed by atoms with Gasteiger partial charge in [-0.05, 0) is 24.3 Å². The Balaban J connectivity index is 1.85. The molecule has 3 N–H and O–H groups in total. The highest BCUT2D eigenvalue weighted by molar-refractivity contribution is 7.81. The highest BCUT2D eigenvalue weighted by atomic mass is 32.1. The van der Waals surface area contributed by atoms with Crippen molar-refractivity contribution in [1.29, 1.82) is 5.26 Å². The van der Waals surface area contributed by atoms with E-state index in [0.717, 1.165) is 11.4 Å². The van der Waals surface area contributed by atoms with Gasteiger partial charge in [-0.25, -0.2) is 4.98 Å². The van der Waals surface area contributed by atoms with Crippen molar-refractivity contribution < 1.29 is 0 Å². The Morgan fingerprint density at radius 1 is 1.14 bits per heavy atom. The average Bonchev–Trinajstić information content (AvgIpc) is 2.92. The Hall–Kier alpha value is -2.91. The van der Waals surface area contributed by atoms with Gasteiger partial charge in [-0.15, -0.1) is 0 Å². The van der Waals surface area contributed by atoms with Crippen LogP contribution in [0.3, 0.4) is 0 Å². The van der Waals surface area contributed by atoms with Gasteiger partial charge in [0.25, 0.3) is 0 Å². The molecule has 5 nitrogen and oxygen atoms in total. The molecule has 0 saturated carbocycles. The predicted octanol–water partition coefficient (Wildman–Crippen LogP) is 3.09. The number of thiocarbonyl (C=S) groups is 1. The maximum Gasteiger partial charge on any atom is 0.155 e. The van der Waals surface area contributed by atoms with Crippen LogP contribution >= 0.6 is 12.2 Å². The smallest absolute Gasteiger partial charge is 0.155 e. The zero-order valence-corrected chi connectivity index (χ0v) is 11.7. The van der Waals surface area contributed by atoms with E-state index in [2.05, 4.69) is 27.0 Å². The van der Waals surface area contributed by atoms with Gasteiger partial charge in [-0.3, -0.25) is 0 Å². The summed E-state index contributed by atoms with van der Waals surface area (Å²) >= 11 is 5.31. The number of hydrogen-bond acceptors (Lipinski definition) is 5. The standard InChI is InChI=1S/C15H11N5S/c16-9-11(15(21)18-10-5-2-1-3-6-10)13-19-12-7-4-8-17-14(12)20-13/h1-8,19H,(H,17,20)(H,18,21)/b13-11+. The van der Waals surface area contributed by atoms with Crippen LogP contribution in [0.15, 0.2) is 60.1 Å². The van der Waals surface area contributed by atoms with E-state index in [-0.39, 0.29) is 0 Å². The molecule has 21 heavy (non-hydrogen) atoms. The molecule has 3 rings (SSSR count). The number of nitrogens with zero attached hydrogens (tertiary/aromatic N) is 2. The van der Waals surface area contributed by atoms with E-state index >= 15 is 0 Å². The van der Waals surface area contributed by atoms with Crippen molar-refractivity contribution >= 4 is 34.4 Å². The number of rotatable bonds is 2. The van der Waals surface area contributed by atoms with Gasteiger partial charge in [0.2, 0.25) is 0 Å². The summed E-state index contributed by atoms with van der Waals surface area (Å²) in [7, 11) is 0. The van der Waals surface area contributed by atoms with Crippen LogP contribution in [0.2, 0.25) is 0 Å². The molecule has 0 radical (unpaired) electrons. The van der Waals surface area contributed by atoms with Gasteiger partial charge in [-0.2, -0.15) is 5.26 Å². The van der Waals surface area contributed by atoms with Gasteiger partial charge in [0.15, 0.2) is 5.82 Å². The number of para-hydroxylation sites is 1. The maximum absolute atomic E-state index is 9.38. The lowest BCUT2D eigenvalue weighted by atomic mass is 10.2. The lowest BCUT2D eigenvalue weighted by molar-refractivity contribution is 1.33. The van der Waals surface area contributed by atoms with Crippen molar-refractivity contribution in [2.45, 2.75) is 0 Å². The Morgan fingerprint density at radius 3 is 2.67 bits per heavy atom. The molecule has 0 bridgehead atoms. The van der Waals surface area contributed by atoms with Crippen molar-refractivity contribution in [2.75, 3.05) is 16.0 Å². The third-order valence-electron chi connectivity index (χ3n) is 2.93. The molecule has 0 fully saturated rings. The van der Waals surface area contributed by atoms with E-state index in [4.69, 9.17) is 12.2 Å². The molecule has 0 saturated heterocycles. The molecule has 6 heteroatoms. The SMILES string of the molecule is N#C/C(C(=S)Nc1ccccc1)=C1/Nc2cccnc2N1. The minimum absolute atomic E-state index is 0.340. The zero-order chi connectivity index (χ0) is 14.7. The Morgan fingerprint density at radius 2 is 1.95 bits per heavy atom. The second kappa shape index (κ2) is 5.61. The van der Waals surface area contributed by atoms with Crippen LogP contribution in [0.25, 0.3) is 0 Å². The van der Waals surface area contributed by atoms with Gasteiger partial charge >= 0.3 is 0 Å². The number of fused-ring (bicyclic) bond motifs is 1. The van der Waals surface area contributed by atoms with Gasteiger partial charge in [-0.1, -0.05) is 30.4 Å². The first-order valence-electron chi connectivity index (χ1n) is 6.28. The second-order valence-electron chi connectivity index (χ2n) is 4.33. The highest BCUT2D eigenvalue weighted by Crippen LogP contribution is 2.29. The fourth-order valence-corrected chi connectivity index (χ4v) is 2.22. The summed E-state index contributed by atoms with van der Waals surface area (Å²) in [6.45, 7) is 0. The van der Waals surface area contributed by atoms with Gasteiger partial charge in [0.1, 0.15) is 22.5 Å². The van der Waals surface area contributed by atoms with E-state index in [1.807, 2.05) is 42.5 Å². The van der Waals surface area contributed by atoms with Crippen LogP contribution in [0, 0.1) is 11.3 Å². The Labute approximate surface area is 127 Å². The number of benzene rings is 1. The third kappa shape index (κ3) is 2.68. The molecule has 0 amide bonds. The number of aromatic nitrogens is 1. The number of anilines is 3. The molecular formula is C15H11N5S. The molecule has 0 aliphatic carbocycles. The molecule has 1 aromatic heterocycles. The number of nitrogens with one attached hydrogen (secondary N) is 3. The molecule has 0 unspecified atom stereocenters. The van der Waals surface area contributed by atoms with E-state index in [1.54, 1.807) is 6.20 Å². The van der Waals surface area contributed by atoms with Gasteiger partial charge < -0.3 is 16.0 Å². The summed E-state index contributed by atoms with van der Waals surface area (Å²) in [5.41, 5.74) is 2.00. The van der Waals surface area contributed by atoms with Crippen molar-refractivity contribution in [1.82, 2.24) is 4.98 Å². The van der Waals surface area contributed by atoms with Crippen molar-refractivity contribution in [3.05, 3.63) is 60.1 Å². The van der Waals surface area contributed by atoms with E-state index in [0.29, 0.717) is 22.2 Å². The minimum Gasteiger partial charge on any atom is -0.345 e. The zero-order valence-electron chi connectivity index (χ0n) is 10.9. The monoisotopic (exact) mass is 293 g/mol. The first-order chi connectivity index (χ1) is 10.3. The van der Waals surface area contributed by atoms with Crippen molar-refractivity contribution in [3.8, 4) is 6.07 Å². The Kier molecular flexibility index (Phi) is 3.50. The summed E-state index contributed by atoms with van der Waals surface area (Å²) < 4.78 is 0. The third-order valence-corrected chi connectivity index (χ3v) is 3.24. The molecule has 0 spiro atoms. The predicted molar refractivity (Wildman–Crippen MR) is 86.8 cm³/mol. The number of nitriles is 1. The summed E-state index contributed by atoms with van der Waals surface area (Å²) in [5, 5.41) is 18.6. The molecule has 102 valence electrons. The number of hydrogen-bond donors (Lipinski definition) is 3. The Bertz CT molecular complexity index is 734. The normalized spacial score (nSPS) is 14.2. The summed E-state index contributed by atoms with van der Waals surface area (Å²) in [6.07, 6.45) is 1.68. The first-order valence-corrected chi connectivity index (χ1v) is 6.68. The second-order valence-corrected chi connectivity index (χ2v) is 4.74. The van der Waals surface area contributed by atoms with Crippen molar-refractivity contribution in [3.63, 3.8) is 0 Å². The van der Waals surface area contributed by atoms with Gasteiger partial charge in [0, 0.05) is 11.9 Å². The van der Waals surface area contributed by atoms with Crippen LogP contribution in [-0.2, 0) is 0 Å². The molecule has 1 aromatic carbocycles. The lowest BCUT2D eigenvalue weighted by Gasteiger charge is -2.09. The molecular weight excluding hydrogens is 282 g/mol. The summed E-state index contributed by atoms with van der Waals surface area (Å²) in [6, 6.07) is 15.3. The van der Waals surface area contributed by atoms with Crippen LogP contribution in [0.5, 0.6) is 0 Å². The van der Waals surface area contributed by atoms with E-state index in [9.17, 15) is 5.26 Å². The molecule has 1 aliphatic rings. The minimum atomic E-state index is 0.340. The number of pyridine rings is 1. The highest BCUT2D eigenvalue weighted by Gasteiger charge is 2.20. The molecule has 1 aliphatic heterocycles. The topological polar surface area (TPSA) is 72.8 Å². The fourth-order valence-electron chi connectivity index (χ4n) is 1.95. The van der Waals surface area contributed by atoms with Gasteiger partial charge in [0.05, 0.1) is 5.69 Å². The first kappa shape index (κ1) is 13.1. The van der Waals surface area contributed by atoms with Crippen LogP contribution in [0.1, 0.15) is 0 Å². The largest absolute Gasteiger partial charge is 0.345 e. The van der Waals surface area contributed by atoms with E-state index in [1.165, 1.54) is 0 Å². The fraction of sp³-hybridized carbons (Fsp3) is 0. The van der Waals surface area contributed by atoms with Crippen LogP contribution in [0.4, 0.5) is 17.2 Å². The molecule has 2 aromatic rings. The van der Waals surface area contributed by atoms with Crippen molar-refractivity contribution in [2.24, 2.45) is 0 Å². The molecule has 2 heterocycles. The van der Waals surface area contributed by atoms with Crippen LogP contribution in [-0.4, -0.2) is 9.97 Å². The average molecular weight is 293 g/mol. The molecule has 0 atom stereocenters. The maximum atomic E-state index is 9.38. The quantitative estimate of drug-likeness (QED) is 0.449. The summed E-state index contributed by atoms with van der Waals surface area (Å²) in [5.74, 6) is 1.22.